The molecule has 1 atom stereocenters. The van der Waals surface area contributed by atoms with Gasteiger partial charge in [0.2, 0.25) is 0 Å². The van der Waals surface area contributed by atoms with Crippen LogP contribution in [0.3, 0.4) is 0 Å². The van der Waals surface area contributed by atoms with Crippen LogP contribution >= 0.6 is 0 Å². The van der Waals surface area contributed by atoms with Crippen molar-refractivity contribution in [2.45, 2.75) is 39.5 Å². The van der Waals surface area contributed by atoms with Crippen molar-refractivity contribution in [3.8, 4) is 0 Å². The number of rotatable bonds is 4. The second-order valence-corrected chi connectivity index (χ2v) is 5.17. The highest BCUT2D eigenvalue weighted by Gasteiger charge is 2.45. The maximum Gasteiger partial charge on any atom is 0.0569 e. The molecular formula is C16H22N2. The highest BCUT2D eigenvalue weighted by atomic mass is 15.1. The smallest absolute Gasteiger partial charge is 0.0569 e. The Morgan fingerprint density at radius 2 is 2.22 bits per heavy atom. The number of H-pyrrole nitrogens is 1. The summed E-state index contributed by atoms with van der Waals surface area (Å²) in [6, 6.07) is 0. The number of hydrogen-bond donors (Lipinski definition) is 1. The zero-order valence-corrected chi connectivity index (χ0v) is 11.7. The summed E-state index contributed by atoms with van der Waals surface area (Å²) in [5.74, 6) is 0.519. The summed E-state index contributed by atoms with van der Waals surface area (Å²) in [4.78, 5) is 0. The van der Waals surface area contributed by atoms with Crippen LogP contribution in [0.2, 0.25) is 0 Å². The van der Waals surface area contributed by atoms with Crippen molar-refractivity contribution >= 4 is 5.57 Å². The normalized spacial score (nSPS) is 23.2. The zero-order chi connectivity index (χ0) is 13.3. The van der Waals surface area contributed by atoms with E-state index in [1.54, 1.807) is 0 Å². The van der Waals surface area contributed by atoms with E-state index in [0.717, 1.165) is 6.42 Å². The van der Waals surface area contributed by atoms with Crippen LogP contribution in [-0.2, 0) is 5.41 Å². The van der Waals surface area contributed by atoms with Gasteiger partial charge in [0.15, 0.2) is 0 Å². The predicted molar refractivity (Wildman–Crippen MR) is 77.3 cm³/mol. The Morgan fingerprint density at radius 3 is 2.72 bits per heavy atom. The Hall–Kier alpha value is -1.57. The molecule has 2 rings (SSSR count). The average molecular weight is 242 g/mol. The monoisotopic (exact) mass is 242 g/mol. The molecule has 0 radical (unpaired) electrons. The Labute approximate surface area is 109 Å². The third-order valence-corrected chi connectivity index (χ3v) is 4.23. The molecule has 1 unspecified atom stereocenters. The van der Waals surface area contributed by atoms with Crippen molar-refractivity contribution in [2.75, 3.05) is 0 Å². The number of aromatic amines is 1. The van der Waals surface area contributed by atoms with Crippen LogP contribution in [0.15, 0.2) is 36.6 Å². The molecule has 0 saturated heterocycles. The van der Waals surface area contributed by atoms with Crippen LogP contribution in [0.5, 0.6) is 0 Å². The number of allylic oxidation sites excluding steroid dienone is 5. The highest BCUT2D eigenvalue weighted by Crippen LogP contribution is 2.52. The fraction of sp³-hybridized carbons (Fsp3) is 0.438. The van der Waals surface area contributed by atoms with E-state index in [9.17, 15) is 0 Å². The second-order valence-electron chi connectivity index (χ2n) is 5.17. The summed E-state index contributed by atoms with van der Waals surface area (Å²) in [7, 11) is 0. The van der Waals surface area contributed by atoms with E-state index in [0.29, 0.717) is 5.92 Å². The minimum atomic E-state index is 0.0435. The molecule has 0 aliphatic heterocycles. The Morgan fingerprint density at radius 1 is 1.50 bits per heavy atom. The molecule has 1 aliphatic rings. The summed E-state index contributed by atoms with van der Waals surface area (Å²) in [6.07, 6.45) is 9.30. The number of aromatic nitrogens is 2. The van der Waals surface area contributed by atoms with Crippen LogP contribution in [0.1, 0.15) is 45.4 Å². The van der Waals surface area contributed by atoms with Gasteiger partial charge in [0, 0.05) is 11.0 Å². The van der Waals surface area contributed by atoms with Gasteiger partial charge in [0.05, 0.1) is 11.9 Å². The standard InChI is InChI=1S/C16H22N2/c1-6-9-14-12(7-2)13-10-17-18-15(13)16(14,8-3)11(4)5/h6-7,9-11H,2,8H2,1,3-5H3,(H,17,18)/b9-6-. The molecule has 1 heterocycles. The van der Waals surface area contributed by atoms with E-state index in [1.807, 2.05) is 12.3 Å². The molecule has 0 bridgehead atoms. The fourth-order valence-corrected chi connectivity index (χ4v) is 3.35. The molecular weight excluding hydrogens is 220 g/mol. The van der Waals surface area contributed by atoms with Crippen molar-refractivity contribution in [3.63, 3.8) is 0 Å². The first-order valence-corrected chi connectivity index (χ1v) is 6.67. The molecule has 1 aliphatic carbocycles. The van der Waals surface area contributed by atoms with Gasteiger partial charge in [-0.1, -0.05) is 45.6 Å². The van der Waals surface area contributed by atoms with E-state index in [-0.39, 0.29) is 5.41 Å². The van der Waals surface area contributed by atoms with Gasteiger partial charge in [-0.25, -0.2) is 0 Å². The Balaban J connectivity index is 2.78. The SMILES string of the molecule is C=CC1=C(/C=C\C)C(CC)(C(C)C)c2[nH]ncc21. The molecule has 1 aromatic heterocycles. The lowest BCUT2D eigenvalue weighted by atomic mass is 9.69. The molecule has 0 amide bonds. The molecule has 0 saturated carbocycles. The fourth-order valence-electron chi connectivity index (χ4n) is 3.35. The topological polar surface area (TPSA) is 28.7 Å². The number of hydrogen-bond acceptors (Lipinski definition) is 1. The highest BCUT2D eigenvalue weighted by molar-refractivity contribution is 5.86. The molecule has 1 aromatic rings. The summed E-state index contributed by atoms with van der Waals surface area (Å²) in [6.45, 7) is 12.9. The predicted octanol–water partition coefficient (Wildman–Crippen LogP) is 4.24. The first-order chi connectivity index (χ1) is 8.63. The van der Waals surface area contributed by atoms with E-state index < -0.39 is 0 Å². The number of nitrogens with one attached hydrogen (secondary N) is 1. The maximum atomic E-state index is 4.23. The number of nitrogens with zero attached hydrogens (tertiary/aromatic N) is 1. The van der Waals surface area contributed by atoms with Gasteiger partial charge in [0.1, 0.15) is 0 Å². The van der Waals surface area contributed by atoms with Gasteiger partial charge in [-0.3, -0.25) is 5.10 Å². The van der Waals surface area contributed by atoms with Crippen molar-refractivity contribution in [1.82, 2.24) is 10.2 Å². The summed E-state index contributed by atoms with van der Waals surface area (Å²) >= 11 is 0. The van der Waals surface area contributed by atoms with Crippen molar-refractivity contribution in [3.05, 3.63) is 47.8 Å². The van der Waals surface area contributed by atoms with Gasteiger partial charge >= 0.3 is 0 Å². The minimum Gasteiger partial charge on any atom is -0.281 e. The second kappa shape index (κ2) is 4.60. The Kier molecular flexibility index (Phi) is 3.29. The molecule has 0 aromatic carbocycles. The van der Waals surface area contributed by atoms with E-state index in [2.05, 4.69) is 56.6 Å². The van der Waals surface area contributed by atoms with Gasteiger partial charge in [-0.2, -0.15) is 5.10 Å². The molecule has 18 heavy (non-hydrogen) atoms. The summed E-state index contributed by atoms with van der Waals surface area (Å²) in [5, 5.41) is 7.45. The van der Waals surface area contributed by atoms with Crippen LogP contribution in [0.25, 0.3) is 5.57 Å². The minimum absolute atomic E-state index is 0.0435. The van der Waals surface area contributed by atoms with Crippen LogP contribution in [0, 0.1) is 5.92 Å². The van der Waals surface area contributed by atoms with E-state index >= 15 is 0 Å². The average Bonchev–Trinajstić information content (AvgIpc) is 2.88. The number of fused-ring (bicyclic) bond motifs is 1. The van der Waals surface area contributed by atoms with Crippen LogP contribution in [-0.4, -0.2) is 10.2 Å². The molecule has 2 heteroatoms. The quantitative estimate of drug-likeness (QED) is 0.840. The van der Waals surface area contributed by atoms with Crippen molar-refractivity contribution in [2.24, 2.45) is 5.92 Å². The molecule has 2 nitrogen and oxygen atoms in total. The lowest BCUT2D eigenvalue weighted by Crippen LogP contribution is -2.32. The first-order valence-electron chi connectivity index (χ1n) is 6.67. The third-order valence-electron chi connectivity index (χ3n) is 4.23. The Bertz CT molecular complexity index is 517. The van der Waals surface area contributed by atoms with Crippen molar-refractivity contribution < 1.29 is 0 Å². The lowest BCUT2D eigenvalue weighted by Gasteiger charge is -2.35. The zero-order valence-electron chi connectivity index (χ0n) is 11.7. The summed E-state index contributed by atoms with van der Waals surface area (Å²) < 4.78 is 0. The van der Waals surface area contributed by atoms with Crippen LogP contribution < -0.4 is 0 Å². The van der Waals surface area contributed by atoms with Gasteiger partial charge in [0.25, 0.3) is 0 Å². The lowest BCUT2D eigenvalue weighted by molar-refractivity contribution is 0.354. The third kappa shape index (κ3) is 1.45. The largest absolute Gasteiger partial charge is 0.281 e. The molecule has 0 fully saturated rings. The first kappa shape index (κ1) is 12.9. The van der Waals surface area contributed by atoms with E-state index in [1.165, 1.54) is 22.4 Å². The molecule has 0 spiro atoms. The van der Waals surface area contributed by atoms with Crippen molar-refractivity contribution in [1.29, 1.82) is 0 Å². The molecule has 1 N–H and O–H groups in total. The van der Waals surface area contributed by atoms with Gasteiger partial charge < -0.3 is 0 Å². The summed E-state index contributed by atoms with van der Waals surface area (Å²) in [5.41, 5.74) is 5.12. The van der Waals surface area contributed by atoms with Gasteiger partial charge in [-0.05, 0) is 30.4 Å². The maximum absolute atomic E-state index is 4.23. The molecule has 96 valence electrons. The van der Waals surface area contributed by atoms with Gasteiger partial charge in [-0.15, -0.1) is 0 Å². The van der Waals surface area contributed by atoms with E-state index in [4.69, 9.17) is 0 Å². The van der Waals surface area contributed by atoms with Crippen LogP contribution in [0.4, 0.5) is 0 Å².